The SMILES string of the molecule is CNC(c1cccc(OC)c1)C1CN(C)CCN1. The van der Waals surface area contributed by atoms with E-state index in [-0.39, 0.29) is 0 Å². The third kappa shape index (κ3) is 3.02. The highest BCUT2D eigenvalue weighted by Gasteiger charge is 2.25. The second-order valence-electron chi connectivity index (χ2n) is 4.87. The van der Waals surface area contributed by atoms with Gasteiger partial charge in [-0.15, -0.1) is 0 Å². The lowest BCUT2D eigenvalue weighted by Gasteiger charge is -2.36. The molecule has 1 aromatic carbocycles. The molecular formula is C14H23N3O. The lowest BCUT2D eigenvalue weighted by Crippen LogP contribution is -2.54. The summed E-state index contributed by atoms with van der Waals surface area (Å²) in [6.07, 6.45) is 0. The van der Waals surface area contributed by atoms with Crippen molar-refractivity contribution in [2.75, 3.05) is 40.8 Å². The van der Waals surface area contributed by atoms with Gasteiger partial charge in [0.15, 0.2) is 0 Å². The van der Waals surface area contributed by atoms with E-state index in [1.165, 1.54) is 5.56 Å². The van der Waals surface area contributed by atoms with Crippen LogP contribution >= 0.6 is 0 Å². The van der Waals surface area contributed by atoms with Crippen LogP contribution in [0, 0.1) is 0 Å². The Hall–Kier alpha value is -1.10. The summed E-state index contributed by atoms with van der Waals surface area (Å²) in [6, 6.07) is 9.03. The van der Waals surface area contributed by atoms with E-state index in [0.717, 1.165) is 25.4 Å². The average Bonchev–Trinajstić information content (AvgIpc) is 2.40. The minimum absolute atomic E-state index is 0.308. The monoisotopic (exact) mass is 249 g/mol. The van der Waals surface area contributed by atoms with E-state index >= 15 is 0 Å². The zero-order valence-corrected chi connectivity index (χ0v) is 11.4. The molecule has 1 heterocycles. The Morgan fingerprint density at radius 1 is 1.50 bits per heavy atom. The number of hydrogen-bond donors (Lipinski definition) is 2. The standard InChI is InChI=1S/C14H23N3O/c1-15-14(13-10-17(2)8-7-16-13)11-5-4-6-12(9-11)18-3/h4-6,9,13-16H,7-8,10H2,1-3H3. The molecule has 4 heteroatoms. The van der Waals surface area contributed by atoms with E-state index in [1.54, 1.807) is 7.11 Å². The van der Waals surface area contributed by atoms with Crippen LogP contribution in [0.1, 0.15) is 11.6 Å². The lowest BCUT2D eigenvalue weighted by molar-refractivity contribution is 0.209. The fourth-order valence-corrected chi connectivity index (χ4v) is 2.59. The molecule has 100 valence electrons. The van der Waals surface area contributed by atoms with Gasteiger partial charge < -0.3 is 20.3 Å². The second kappa shape index (κ2) is 6.18. The van der Waals surface area contributed by atoms with Crippen LogP contribution in [0.25, 0.3) is 0 Å². The molecule has 0 spiro atoms. The molecule has 18 heavy (non-hydrogen) atoms. The Kier molecular flexibility index (Phi) is 4.58. The molecule has 1 aromatic rings. The average molecular weight is 249 g/mol. The maximum Gasteiger partial charge on any atom is 0.119 e. The summed E-state index contributed by atoms with van der Waals surface area (Å²) >= 11 is 0. The topological polar surface area (TPSA) is 36.5 Å². The number of rotatable bonds is 4. The van der Waals surface area contributed by atoms with E-state index in [2.05, 4.69) is 34.7 Å². The molecule has 2 rings (SSSR count). The van der Waals surface area contributed by atoms with Crippen molar-refractivity contribution in [1.29, 1.82) is 0 Å². The van der Waals surface area contributed by atoms with Gasteiger partial charge in [-0.05, 0) is 31.8 Å². The fourth-order valence-electron chi connectivity index (χ4n) is 2.59. The zero-order valence-electron chi connectivity index (χ0n) is 11.4. The summed E-state index contributed by atoms with van der Waals surface area (Å²) in [7, 11) is 5.90. The first-order valence-electron chi connectivity index (χ1n) is 6.47. The van der Waals surface area contributed by atoms with Crippen molar-refractivity contribution < 1.29 is 4.74 Å². The highest BCUT2D eigenvalue weighted by Crippen LogP contribution is 2.22. The summed E-state index contributed by atoms with van der Waals surface area (Å²) in [5.41, 5.74) is 1.27. The molecule has 2 N–H and O–H groups in total. The van der Waals surface area contributed by atoms with Crippen molar-refractivity contribution in [3.8, 4) is 5.75 Å². The van der Waals surface area contributed by atoms with E-state index in [0.29, 0.717) is 12.1 Å². The third-order valence-electron chi connectivity index (χ3n) is 3.57. The number of piperazine rings is 1. The van der Waals surface area contributed by atoms with E-state index in [4.69, 9.17) is 4.74 Å². The van der Waals surface area contributed by atoms with Crippen LogP contribution in [0.5, 0.6) is 5.75 Å². The molecule has 0 amide bonds. The van der Waals surface area contributed by atoms with Gasteiger partial charge in [-0.1, -0.05) is 12.1 Å². The number of benzene rings is 1. The van der Waals surface area contributed by atoms with Gasteiger partial charge in [0, 0.05) is 31.7 Å². The fraction of sp³-hybridized carbons (Fsp3) is 0.571. The van der Waals surface area contributed by atoms with Gasteiger partial charge in [-0.25, -0.2) is 0 Å². The largest absolute Gasteiger partial charge is 0.497 e. The summed E-state index contributed by atoms with van der Waals surface area (Å²) in [6.45, 7) is 3.22. The second-order valence-corrected chi connectivity index (χ2v) is 4.87. The van der Waals surface area contributed by atoms with Crippen molar-refractivity contribution in [2.45, 2.75) is 12.1 Å². The van der Waals surface area contributed by atoms with Gasteiger partial charge in [-0.2, -0.15) is 0 Å². The predicted octanol–water partition coefficient (Wildman–Crippen LogP) is 0.859. The third-order valence-corrected chi connectivity index (χ3v) is 3.57. The van der Waals surface area contributed by atoms with Gasteiger partial charge in [-0.3, -0.25) is 0 Å². The molecule has 0 saturated carbocycles. The number of nitrogens with one attached hydrogen (secondary N) is 2. The number of ether oxygens (including phenoxy) is 1. The molecule has 0 aliphatic carbocycles. The Morgan fingerprint density at radius 3 is 3.00 bits per heavy atom. The summed E-state index contributed by atoms with van der Waals surface area (Å²) in [5.74, 6) is 0.914. The minimum Gasteiger partial charge on any atom is -0.497 e. The maximum atomic E-state index is 5.30. The van der Waals surface area contributed by atoms with Crippen molar-refractivity contribution >= 4 is 0 Å². The first kappa shape index (κ1) is 13.3. The van der Waals surface area contributed by atoms with Crippen LogP contribution < -0.4 is 15.4 Å². The van der Waals surface area contributed by atoms with Gasteiger partial charge in [0.05, 0.1) is 7.11 Å². The minimum atomic E-state index is 0.308. The summed E-state index contributed by atoms with van der Waals surface area (Å²) in [5, 5.41) is 7.01. The Bertz CT molecular complexity index is 383. The molecule has 2 unspecified atom stereocenters. The molecule has 2 atom stereocenters. The normalized spacial score (nSPS) is 22.7. The molecule has 0 aromatic heterocycles. The van der Waals surface area contributed by atoms with Crippen LogP contribution in [0.15, 0.2) is 24.3 Å². The Labute approximate surface area is 109 Å². The van der Waals surface area contributed by atoms with Crippen LogP contribution in [0.4, 0.5) is 0 Å². The van der Waals surface area contributed by atoms with Crippen LogP contribution in [-0.2, 0) is 0 Å². The molecular weight excluding hydrogens is 226 g/mol. The van der Waals surface area contributed by atoms with Gasteiger partial charge in [0.25, 0.3) is 0 Å². The zero-order chi connectivity index (χ0) is 13.0. The first-order valence-corrected chi connectivity index (χ1v) is 6.47. The summed E-state index contributed by atoms with van der Waals surface area (Å²) < 4.78 is 5.30. The smallest absolute Gasteiger partial charge is 0.119 e. The number of likely N-dealkylation sites (N-methyl/N-ethyl adjacent to an activating group) is 2. The van der Waals surface area contributed by atoms with E-state index in [1.807, 2.05) is 19.2 Å². The van der Waals surface area contributed by atoms with Crippen molar-refractivity contribution in [3.05, 3.63) is 29.8 Å². The molecule has 0 radical (unpaired) electrons. The molecule has 1 saturated heterocycles. The van der Waals surface area contributed by atoms with Crippen molar-refractivity contribution in [2.24, 2.45) is 0 Å². The van der Waals surface area contributed by atoms with Crippen LogP contribution in [0.2, 0.25) is 0 Å². The van der Waals surface area contributed by atoms with Crippen molar-refractivity contribution in [1.82, 2.24) is 15.5 Å². The Balaban J connectivity index is 2.16. The summed E-state index contributed by atoms with van der Waals surface area (Å²) in [4.78, 5) is 2.37. The predicted molar refractivity (Wildman–Crippen MR) is 74.1 cm³/mol. The Morgan fingerprint density at radius 2 is 2.33 bits per heavy atom. The van der Waals surface area contributed by atoms with Gasteiger partial charge >= 0.3 is 0 Å². The highest BCUT2D eigenvalue weighted by atomic mass is 16.5. The maximum absolute atomic E-state index is 5.30. The first-order chi connectivity index (χ1) is 8.74. The number of hydrogen-bond acceptors (Lipinski definition) is 4. The van der Waals surface area contributed by atoms with Gasteiger partial charge in [0.1, 0.15) is 5.75 Å². The van der Waals surface area contributed by atoms with Crippen LogP contribution in [0.3, 0.4) is 0 Å². The number of methoxy groups -OCH3 is 1. The molecule has 1 aliphatic rings. The van der Waals surface area contributed by atoms with Crippen LogP contribution in [-0.4, -0.2) is 51.8 Å². The lowest BCUT2D eigenvalue weighted by atomic mass is 9.97. The quantitative estimate of drug-likeness (QED) is 0.830. The van der Waals surface area contributed by atoms with Gasteiger partial charge in [0.2, 0.25) is 0 Å². The molecule has 4 nitrogen and oxygen atoms in total. The van der Waals surface area contributed by atoms with Crippen molar-refractivity contribution in [3.63, 3.8) is 0 Å². The molecule has 1 aliphatic heterocycles. The van der Waals surface area contributed by atoms with E-state index < -0.39 is 0 Å². The molecule has 0 bridgehead atoms. The highest BCUT2D eigenvalue weighted by molar-refractivity contribution is 5.31. The molecule has 1 fully saturated rings. The number of nitrogens with zero attached hydrogens (tertiary/aromatic N) is 1. The van der Waals surface area contributed by atoms with E-state index in [9.17, 15) is 0 Å².